The molecule has 0 aromatic carbocycles. The summed E-state index contributed by atoms with van der Waals surface area (Å²) in [7, 11) is 0. The van der Waals surface area contributed by atoms with Crippen LogP contribution >= 0.6 is 0 Å². The Morgan fingerprint density at radius 3 is 2.38 bits per heavy atom. The van der Waals surface area contributed by atoms with E-state index in [0.29, 0.717) is 10.8 Å². The van der Waals surface area contributed by atoms with Crippen LogP contribution in [0, 0.1) is 58.2 Å². The van der Waals surface area contributed by atoms with Crippen LogP contribution in [0.2, 0.25) is 0 Å². The van der Waals surface area contributed by atoms with Crippen molar-refractivity contribution in [1.29, 1.82) is 0 Å². The molecule has 0 saturated heterocycles. The van der Waals surface area contributed by atoms with Crippen LogP contribution in [-0.4, -0.2) is 0 Å². The molecule has 164 valence electrons. The predicted octanol–water partition coefficient (Wildman–Crippen LogP) is 8.69. The summed E-state index contributed by atoms with van der Waals surface area (Å²) in [4.78, 5) is 0. The van der Waals surface area contributed by atoms with Crippen molar-refractivity contribution >= 4 is 0 Å². The van der Waals surface area contributed by atoms with E-state index in [1.165, 1.54) is 57.8 Å². The molecule has 0 heterocycles. The summed E-state index contributed by atoms with van der Waals surface area (Å²) in [6.07, 6.45) is 23.3. The van der Waals surface area contributed by atoms with Crippen LogP contribution in [-0.2, 0) is 0 Å². The molecule has 0 N–H and O–H groups in total. The standard InChI is InChI=1S/C29H48/c1-7-22(20(2)3)12-11-21(4)25-15-16-26-24-14-13-23-10-8-9-18-28(23,5)27(24)17-19-29(25,26)6/h8,10-12,20-27H,7,9,13-19H2,1-6H3/t21-,22-,23+,24+,25-,26+,27+,28+,29-/m1/s1. The van der Waals surface area contributed by atoms with Crippen LogP contribution in [0.4, 0.5) is 0 Å². The van der Waals surface area contributed by atoms with Crippen molar-refractivity contribution in [3.63, 3.8) is 0 Å². The maximum Gasteiger partial charge on any atom is -0.0177 e. The first-order valence-electron chi connectivity index (χ1n) is 13.2. The van der Waals surface area contributed by atoms with E-state index in [-0.39, 0.29) is 0 Å². The molecular weight excluding hydrogens is 348 g/mol. The van der Waals surface area contributed by atoms with Gasteiger partial charge in [-0.1, -0.05) is 65.8 Å². The minimum absolute atomic E-state index is 0.595. The van der Waals surface area contributed by atoms with Crippen LogP contribution in [0.15, 0.2) is 24.3 Å². The van der Waals surface area contributed by atoms with Gasteiger partial charge in [-0.25, -0.2) is 0 Å². The highest BCUT2D eigenvalue weighted by atomic mass is 14.6. The number of hydrogen-bond acceptors (Lipinski definition) is 0. The molecule has 0 spiro atoms. The molecule has 0 aromatic heterocycles. The largest absolute Gasteiger partial charge is 0.0882 e. The smallest absolute Gasteiger partial charge is 0.0177 e. The van der Waals surface area contributed by atoms with Crippen molar-refractivity contribution in [1.82, 2.24) is 0 Å². The maximum absolute atomic E-state index is 2.71. The minimum atomic E-state index is 0.595. The fourth-order valence-corrected chi connectivity index (χ4v) is 9.01. The zero-order valence-electron chi connectivity index (χ0n) is 20.3. The van der Waals surface area contributed by atoms with Crippen LogP contribution in [0.25, 0.3) is 0 Å². The van der Waals surface area contributed by atoms with Crippen LogP contribution in [0.1, 0.15) is 99.3 Å². The molecule has 4 rings (SSSR count). The lowest BCUT2D eigenvalue weighted by Crippen LogP contribution is -2.52. The van der Waals surface area contributed by atoms with E-state index >= 15 is 0 Å². The normalized spacial score (nSPS) is 46.4. The van der Waals surface area contributed by atoms with Gasteiger partial charge in [-0.3, -0.25) is 0 Å². The van der Waals surface area contributed by atoms with Crippen molar-refractivity contribution in [3.8, 4) is 0 Å². The van der Waals surface area contributed by atoms with E-state index in [1.807, 2.05) is 0 Å². The summed E-state index contributed by atoms with van der Waals surface area (Å²) in [6.45, 7) is 15.0. The molecule has 29 heavy (non-hydrogen) atoms. The fourth-order valence-electron chi connectivity index (χ4n) is 9.01. The van der Waals surface area contributed by atoms with Gasteiger partial charge < -0.3 is 0 Å². The van der Waals surface area contributed by atoms with Crippen molar-refractivity contribution in [2.75, 3.05) is 0 Å². The zero-order chi connectivity index (χ0) is 20.8. The average molecular weight is 397 g/mol. The minimum Gasteiger partial charge on any atom is -0.0882 e. The summed E-state index contributed by atoms with van der Waals surface area (Å²) in [5.74, 6) is 7.07. The molecule has 0 amide bonds. The third-order valence-electron chi connectivity index (χ3n) is 10.9. The highest BCUT2D eigenvalue weighted by Crippen LogP contribution is 2.67. The fraction of sp³-hybridized carbons (Fsp3) is 0.862. The van der Waals surface area contributed by atoms with Gasteiger partial charge in [0, 0.05) is 0 Å². The molecule has 4 aliphatic rings. The van der Waals surface area contributed by atoms with E-state index < -0.39 is 0 Å². The molecule has 3 fully saturated rings. The first-order chi connectivity index (χ1) is 13.8. The molecule has 0 heteroatoms. The van der Waals surface area contributed by atoms with E-state index in [0.717, 1.165) is 47.3 Å². The quantitative estimate of drug-likeness (QED) is 0.408. The van der Waals surface area contributed by atoms with Gasteiger partial charge in [0.1, 0.15) is 0 Å². The Balaban J connectivity index is 1.51. The van der Waals surface area contributed by atoms with Gasteiger partial charge in [0.15, 0.2) is 0 Å². The molecule has 0 nitrogen and oxygen atoms in total. The van der Waals surface area contributed by atoms with Gasteiger partial charge in [-0.15, -0.1) is 0 Å². The Bertz CT molecular complexity index is 626. The Hall–Kier alpha value is -0.520. The van der Waals surface area contributed by atoms with Crippen molar-refractivity contribution in [3.05, 3.63) is 24.3 Å². The molecule has 9 atom stereocenters. The van der Waals surface area contributed by atoms with Crippen LogP contribution in [0.3, 0.4) is 0 Å². The average Bonchev–Trinajstić information content (AvgIpc) is 3.05. The third-order valence-corrected chi connectivity index (χ3v) is 10.9. The summed E-state index contributed by atoms with van der Waals surface area (Å²) in [5.41, 5.74) is 1.20. The van der Waals surface area contributed by atoms with Crippen molar-refractivity contribution in [2.45, 2.75) is 99.3 Å². The maximum atomic E-state index is 2.71. The molecular formula is C29H48. The second kappa shape index (κ2) is 8.20. The summed E-state index contributed by atoms with van der Waals surface area (Å²) < 4.78 is 0. The highest BCUT2D eigenvalue weighted by Gasteiger charge is 2.59. The number of allylic oxidation sites excluding steroid dienone is 4. The van der Waals surface area contributed by atoms with Gasteiger partial charge in [-0.2, -0.15) is 0 Å². The molecule has 0 aromatic rings. The van der Waals surface area contributed by atoms with Crippen molar-refractivity contribution in [2.24, 2.45) is 58.2 Å². The van der Waals surface area contributed by atoms with Gasteiger partial charge in [0.25, 0.3) is 0 Å². The first kappa shape index (κ1) is 21.7. The second-order valence-electron chi connectivity index (χ2n) is 12.3. The predicted molar refractivity (Wildman–Crippen MR) is 127 cm³/mol. The molecule has 4 aliphatic carbocycles. The number of fused-ring (bicyclic) bond motifs is 5. The Kier molecular flexibility index (Phi) is 6.14. The number of rotatable bonds is 5. The Morgan fingerprint density at radius 2 is 1.66 bits per heavy atom. The van der Waals surface area contributed by atoms with E-state index in [2.05, 4.69) is 65.8 Å². The SMILES string of the molecule is CC[C@H](C=C[C@@H](C)[C@H]1CC[C@H]2[C@@H]3CC[C@@H]4C=CCC[C@]4(C)[C@H]3CC[C@]12C)C(C)C. The first-order valence-corrected chi connectivity index (χ1v) is 13.2. The van der Waals surface area contributed by atoms with E-state index in [1.54, 1.807) is 0 Å². The molecule has 0 aliphatic heterocycles. The van der Waals surface area contributed by atoms with Crippen molar-refractivity contribution < 1.29 is 0 Å². The summed E-state index contributed by atoms with van der Waals surface area (Å²) in [5, 5.41) is 0. The van der Waals surface area contributed by atoms with Gasteiger partial charge in [-0.05, 0) is 116 Å². The van der Waals surface area contributed by atoms with E-state index in [9.17, 15) is 0 Å². The van der Waals surface area contributed by atoms with Gasteiger partial charge in [0.05, 0.1) is 0 Å². The lowest BCUT2D eigenvalue weighted by molar-refractivity contribution is -0.0935. The molecule has 0 radical (unpaired) electrons. The summed E-state index contributed by atoms with van der Waals surface area (Å²) in [6, 6.07) is 0. The Morgan fingerprint density at radius 1 is 0.897 bits per heavy atom. The number of hydrogen-bond donors (Lipinski definition) is 0. The monoisotopic (exact) mass is 396 g/mol. The van der Waals surface area contributed by atoms with E-state index in [4.69, 9.17) is 0 Å². The van der Waals surface area contributed by atoms with Gasteiger partial charge in [0.2, 0.25) is 0 Å². The second-order valence-corrected chi connectivity index (χ2v) is 12.3. The lowest BCUT2D eigenvalue weighted by Gasteiger charge is -2.60. The topological polar surface area (TPSA) is 0 Å². The van der Waals surface area contributed by atoms with Gasteiger partial charge >= 0.3 is 0 Å². The molecule has 0 unspecified atom stereocenters. The highest BCUT2D eigenvalue weighted by molar-refractivity contribution is 5.14. The Labute approximate surface area is 182 Å². The van der Waals surface area contributed by atoms with Crippen LogP contribution in [0.5, 0.6) is 0 Å². The summed E-state index contributed by atoms with van der Waals surface area (Å²) >= 11 is 0. The van der Waals surface area contributed by atoms with Crippen LogP contribution < -0.4 is 0 Å². The molecule has 3 saturated carbocycles. The molecule has 0 bridgehead atoms. The third kappa shape index (κ3) is 3.59. The zero-order valence-corrected chi connectivity index (χ0v) is 20.3. The lowest BCUT2D eigenvalue weighted by atomic mass is 9.45.